The van der Waals surface area contributed by atoms with Gasteiger partial charge < -0.3 is 14.4 Å². The molecule has 2 saturated heterocycles. The number of amides is 3. The molecule has 0 saturated carbocycles. The number of halogens is 1. The number of hydrogen-bond donors (Lipinski definition) is 0. The largest absolute Gasteiger partial charge is 0.484 e. The highest BCUT2D eigenvalue weighted by Crippen LogP contribution is 2.33. The highest BCUT2D eigenvalue weighted by molar-refractivity contribution is 14.1. The number of hydrogen-bond acceptors (Lipinski definition) is 6. The minimum Gasteiger partial charge on any atom is -0.484 e. The topological polar surface area (TPSA) is 76.2 Å². The van der Waals surface area contributed by atoms with Gasteiger partial charge in [-0.05, 0) is 75.8 Å². The van der Waals surface area contributed by atoms with Crippen LogP contribution in [-0.4, -0.2) is 59.8 Å². The Hall–Kier alpha value is -2.37. The quantitative estimate of drug-likeness (QED) is 0.393. The number of nitrogens with zero attached hydrogens (tertiary/aromatic N) is 2. The van der Waals surface area contributed by atoms with E-state index in [1.807, 2.05) is 24.3 Å². The summed E-state index contributed by atoms with van der Waals surface area (Å²) in [6.07, 6.45) is 1.70. The zero-order valence-electron chi connectivity index (χ0n) is 17.2. The second kappa shape index (κ2) is 10.5. The third-order valence-electron chi connectivity index (χ3n) is 5.03. The monoisotopic (exact) mass is 564 g/mol. The molecular formula is C23H21IN2O5S. The molecule has 2 aliphatic rings. The molecule has 2 aromatic carbocycles. The summed E-state index contributed by atoms with van der Waals surface area (Å²) in [6.45, 7) is 2.49. The molecule has 32 heavy (non-hydrogen) atoms. The van der Waals surface area contributed by atoms with Gasteiger partial charge in [-0.15, -0.1) is 0 Å². The lowest BCUT2D eigenvalue weighted by atomic mass is 10.2. The van der Waals surface area contributed by atoms with Crippen LogP contribution in [0.5, 0.6) is 5.75 Å². The average Bonchev–Trinajstić information content (AvgIpc) is 3.07. The number of rotatable bonds is 6. The van der Waals surface area contributed by atoms with Gasteiger partial charge in [0, 0.05) is 16.7 Å². The predicted octanol–water partition coefficient (Wildman–Crippen LogP) is 3.77. The number of ether oxygens (including phenoxy) is 2. The van der Waals surface area contributed by atoms with Crippen molar-refractivity contribution in [2.45, 2.75) is 6.54 Å². The summed E-state index contributed by atoms with van der Waals surface area (Å²) in [6, 6.07) is 14.8. The maximum absolute atomic E-state index is 12.7. The van der Waals surface area contributed by atoms with E-state index in [-0.39, 0.29) is 30.2 Å². The van der Waals surface area contributed by atoms with Crippen LogP contribution in [0.1, 0.15) is 11.1 Å². The molecule has 0 aliphatic carbocycles. The van der Waals surface area contributed by atoms with Gasteiger partial charge in [-0.25, -0.2) is 0 Å². The highest BCUT2D eigenvalue weighted by atomic mass is 127. The van der Waals surface area contributed by atoms with Gasteiger partial charge in [0.15, 0.2) is 6.61 Å². The summed E-state index contributed by atoms with van der Waals surface area (Å²) in [4.78, 5) is 40.6. The van der Waals surface area contributed by atoms with Crippen molar-refractivity contribution in [1.82, 2.24) is 9.80 Å². The second-order valence-electron chi connectivity index (χ2n) is 7.25. The van der Waals surface area contributed by atoms with E-state index < -0.39 is 0 Å². The maximum atomic E-state index is 12.7. The van der Waals surface area contributed by atoms with Gasteiger partial charge in [0.1, 0.15) is 5.75 Å². The van der Waals surface area contributed by atoms with Crippen molar-refractivity contribution >= 4 is 57.5 Å². The lowest BCUT2D eigenvalue weighted by molar-refractivity contribution is -0.137. The van der Waals surface area contributed by atoms with Crippen molar-refractivity contribution in [3.63, 3.8) is 0 Å². The minimum absolute atomic E-state index is 0.0310. The molecule has 2 aromatic rings. The fourth-order valence-corrected chi connectivity index (χ4v) is 4.47. The van der Waals surface area contributed by atoms with Crippen molar-refractivity contribution in [1.29, 1.82) is 0 Å². The first kappa shape index (κ1) is 22.8. The molecule has 0 unspecified atom stereocenters. The lowest BCUT2D eigenvalue weighted by Crippen LogP contribution is -2.42. The van der Waals surface area contributed by atoms with E-state index in [4.69, 9.17) is 9.47 Å². The number of imide groups is 1. The van der Waals surface area contributed by atoms with E-state index in [2.05, 4.69) is 22.6 Å². The molecule has 7 nitrogen and oxygen atoms in total. The summed E-state index contributed by atoms with van der Waals surface area (Å²) in [5, 5.41) is -0.277. The van der Waals surface area contributed by atoms with Crippen molar-refractivity contribution < 1.29 is 23.9 Å². The maximum Gasteiger partial charge on any atom is 0.293 e. The van der Waals surface area contributed by atoms with Crippen molar-refractivity contribution in [3.8, 4) is 5.75 Å². The molecule has 0 atom stereocenters. The number of benzene rings is 2. The Labute approximate surface area is 203 Å². The van der Waals surface area contributed by atoms with Crippen molar-refractivity contribution in [2.24, 2.45) is 0 Å². The van der Waals surface area contributed by atoms with E-state index >= 15 is 0 Å². The van der Waals surface area contributed by atoms with Gasteiger partial charge in [0.05, 0.1) is 24.7 Å². The minimum atomic E-state index is -0.296. The first-order valence-electron chi connectivity index (χ1n) is 10.1. The van der Waals surface area contributed by atoms with Crippen LogP contribution in [0.25, 0.3) is 6.08 Å². The fourth-order valence-electron chi connectivity index (χ4n) is 3.27. The van der Waals surface area contributed by atoms with Gasteiger partial charge in [-0.1, -0.05) is 24.3 Å². The van der Waals surface area contributed by atoms with Crippen LogP contribution in [0.3, 0.4) is 0 Å². The van der Waals surface area contributed by atoms with Crippen molar-refractivity contribution in [2.75, 3.05) is 32.9 Å². The smallest absolute Gasteiger partial charge is 0.293 e. The first-order chi connectivity index (χ1) is 15.5. The van der Waals surface area contributed by atoms with Crippen LogP contribution in [0.15, 0.2) is 53.4 Å². The Morgan fingerprint density at radius 2 is 1.75 bits per heavy atom. The Morgan fingerprint density at radius 1 is 1.06 bits per heavy atom. The van der Waals surface area contributed by atoms with Gasteiger partial charge in [0.25, 0.3) is 17.1 Å². The summed E-state index contributed by atoms with van der Waals surface area (Å²) in [7, 11) is 0. The Morgan fingerprint density at radius 3 is 2.44 bits per heavy atom. The molecule has 0 radical (unpaired) electrons. The Kier molecular flexibility index (Phi) is 7.48. The number of morpholine rings is 1. The molecule has 9 heteroatoms. The van der Waals surface area contributed by atoms with Gasteiger partial charge >= 0.3 is 0 Å². The van der Waals surface area contributed by atoms with Crippen molar-refractivity contribution in [3.05, 3.63) is 68.1 Å². The zero-order chi connectivity index (χ0) is 22.5. The molecule has 0 N–H and O–H groups in total. The molecule has 3 amide bonds. The molecule has 0 aromatic heterocycles. The molecular weight excluding hydrogens is 543 g/mol. The lowest BCUT2D eigenvalue weighted by Gasteiger charge is -2.26. The first-order valence-corrected chi connectivity index (χ1v) is 12.0. The van der Waals surface area contributed by atoms with Crippen LogP contribution in [0, 0.1) is 3.57 Å². The third-order valence-corrected chi connectivity index (χ3v) is 6.66. The van der Waals surface area contributed by atoms with Crippen LogP contribution < -0.4 is 4.74 Å². The molecule has 2 fully saturated rings. The van der Waals surface area contributed by atoms with E-state index in [1.165, 1.54) is 4.90 Å². The van der Waals surface area contributed by atoms with Gasteiger partial charge in [0.2, 0.25) is 0 Å². The van der Waals surface area contributed by atoms with E-state index in [9.17, 15) is 14.4 Å². The zero-order valence-corrected chi connectivity index (χ0v) is 20.1. The van der Waals surface area contributed by atoms with Crippen LogP contribution in [0.2, 0.25) is 0 Å². The average molecular weight is 564 g/mol. The van der Waals surface area contributed by atoms with E-state index in [1.54, 1.807) is 35.2 Å². The van der Waals surface area contributed by atoms with Gasteiger partial charge in [-0.3, -0.25) is 19.3 Å². The van der Waals surface area contributed by atoms with Crippen LogP contribution in [0.4, 0.5) is 4.79 Å². The second-order valence-corrected chi connectivity index (χ2v) is 9.48. The summed E-state index contributed by atoms with van der Waals surface area (Å²) >= 11 is 3.15. The number of carbonyl (C=O) groups excluding carboxylic acids is 3. The molecule has 0 bridgehead atoms. The van der Waals surface area contributed by atoms with Gasteiger partial charge in [-0.2, -0.15) is 0 Å². The fraction of sp³-hybridized carbons (Fsp3) is 0.261. The molecule has 166 valence electrons. The number of carbonyl (C=O) groups is 3. The number of thioether (sulfide) groups is 1. The van der Waals surface area contributed by atoms with E-state index in [0.29, 0.717) is 37.0 Å². The highest BCUT2D eigenvalue weighted by Gasteiger charge is 2.34. The standard InChI is InChI=1S/C23H21IN2O5S/c24-18-5-1-17(2-6-18)14-26-22(28)20(32-23(26)29)13-16-3-7-19(8-4-16)31-15-21(27)25-9-11-30-12-10-25/h1-8,13H,9-12,14-15H2/b20-13-. The van der Waals surface area contributed by atoms with Crippen LogP contribution >= 0.6 is 34.4 Å². The molecule has 4 rings (SSSR count). The van der Waals surface area contributed by atoms with E-state index in [0.717, 1.165) is 26.5 Å². The van der Waals surface area contributed by atoms with Crippen LogP contribution in [-0.2, 0) is 20.9 Å². The normalized spacial score (nSPS) is 17.8. The SMILES string of the molecule is O=C(COc1ccc(/C=C2\SC(=O)N(Cc3ccc(I)cc3)C2=O)cc1)N1CCOCC1. The Bertz CT molecular complexity index is 1030. The molecule has 2 heterocycles. The summed E-state index contributed by atoms with van der Waals surface area (Å²) < 4.78 is 11.9. The third kappa shape index (κ3) is 5.70. The Balaban J connectivity index is 1.35. The predicted molar refractivity (Wildman–Crippen MR) is 130 cm³/mol. The molecule has 2 aliphatic heterocycles. The molecule has 0 spiro atoms. The summed E-state index contributed by atoms with van der Waals surface area (Å²) in [5.74, 6) is 0.199. The summed E-state index contributed by atoms with van der Waals surface area (Å²) in [5.41, 5.74) is 1.68.